The molecule has 1 aliphatic heterocycles. The topological polar surface area (TPSA) is 91.0 Å². The van der Waals surface area contributed by atoms with Crippen molar-refractivity contribution in [2.75, 3.05) is 12.9 Å². The van der Waals surface area contributed by atoms with Crippen molar-refractivity contribution in [1.82, 2.24) is 24.6 Å². The number of pyridine rings is 1. The van der Waals surface area contributed by atoms with E-state index in [4.69, 9.17) is 4.74 Å². The Morgan fingerprint density at radius 2 is 2.19 bits per heavy atom. The number of methoxy groups -OCH3 is 1. The van der Waals surface area contributed by atoms with Gasteiger partial charge in [-0.15, -0.1) is 11.8 Å². The van der Waals surface area contributed by atoms with Gasteiger partial charge in [0, 0.05) is 36.3 Å². The van der Waals surface area contributed by atoms with Crippen LogP contribution in [0.2, 0.25) is 0 Å². The van der Waals surface area contributed by atoms with Crippen LogP contribution in [0.1, 0.15) is 24.2 Å². The molecule has 31 heavy (non-hydrogen) atoms. The van der Waals surface area contributed by atoms with Crippen LogP contribution >= 0.6 is 11.8 Å². The number of hydrogen-bond acceptors (Lipinski definition) is 6. The van der Waals surface area contributed by atoms with Gasteiger partial charge in [-0.05, 0) is 42.7 Å². The van der Waals surface area contributed by atoms with Gasteiger partial charge >= 0.3 is 5.69 Å². The summed E-state index contributed by atoms with van der Waals surface area (Å²) in [5.74, 6) is 1.88. The van der Waals surface area contributed by atoms with Crippen LogP contribution in [-0.2, 0) is 24.3 Å². The maximum atomic E-state index is 12.8. The van der Waals surface area contributed by atoms with E-state index in [1.54, 1.807) is 24.1 Å². The molecule has 162 valence electrons. The highest BCUT2D eigenvalue weighted by atomic mass is 32.2. The molecule has 0 saturated heterocycles. The van der Waals surface area contributed by atoms with Gasteiger partial charge in [-0.25, -0.2) is 9.48 Å². The van der Waals surface area contributed by atoms with Crippen molar-refractivity contribution in [3.63, 3.8) is 0 Å². The summed E-state index contributed by atoms with van der Waals surface area (Å²) in [4.78, 5) is 30.3. The highest BCUT2D eigenvalue weighted by Gasteiger charge is 2.22. The molecule has 2 aromatic heterocycles. The quantitative estimate of drug-likeness (QED) is 0.567. The first-order chi connectivity index (χ1) is 15.1. The van der Waals surface area contributed by atoms with Crippen LogP contribution in [0.3, 0.4) is 0 Å². The molecule has 0 fully saturated rings. The van der Waals surface area contributed by atoms with Crippen molar-refractivity contribution in [2.45, 2.75) is 43.3 Å². The number of nitrogens with zero attached hydrogens (tertiary/aromatic N) is 4. The van der Waals surface area contributed by atoms with Crippen LogP contribution in [0.4, 0.5) is 0 Å². The Morgan fingerprint density at radius 1 is 1.29 bits per heavy atom. The number of amides is 1. The molecule has 1 aliphatic rings. The summed E-state index contributed by atoms with van der Waals surface area (Å²) in [5, 5.41) is 7.63. The van der Waals surface area contributed by atoms with E-state index >= 15 is 0 Å². The fourth-order valence-corrected chi connectivity index (χ4v) is 4.40. The number of aryl methyl sites for hydroxylation is 1. The second kappa shape index (κ2) is 9.82. The third-order valence-electron chi connectivity index (χ3n) is 5.25. The van der Waals surface area contributed by atoms with Gasteiger partial charge in [0.1, 0.15) is 11.6 Å². The van der Waals surface area contributed by atoms with Gasteiger partial charge in [0.05, 0.1) is 19.4 Å². The molecule has 0 saturated carbocycles. The lowest BCUT2D eigenvalue weighted by molar-refractivity contribution is -0.119. The Labute approximate surface area is 184 Å². The number of aromatic nitrogens is 4. The van der Waals surface area contributed by atoms with Crippen LogP contribution in [0.15, 0.2) is 58.5 Å². The number of thioether (sulfide) groups is 1. The van der Waals surface area contributed by atoms with Crippen molar-refractivity contribution in [2.24, 2.45) is 0 Å². The smallest absolute Gasteiger partial charge is 0.346 e. The lowest BCUT2D eigenvalue weighted by Gasteiger charge is -2.16. The fraction of sp³-hybridized carbons (Fsp3) is 0.364. The third-order valence-corrected chi connectivity index (χ3v) is 6.24. The molecular weight excluding hydrogens is 414 g/mol. The number of nitrogens with one attached hydrogen (secondary N) is 1. The van der Waals surface area contributed by atoms with Crippen molar-refractivity contribution in [1.29, 1.82) is 0 Å². The number of fused-ring (bicyclic) bond motifs is 1. The van der Waals surface area contributed by atoms with Crippen molar-refractivity contribution < 1.29 is 9.53 Å². The van der Waals surface area contributed by atoms with Crippen molar-refractivity contribution in [3.05, 3.63) is 70.7 Å². The molecule has 4 rings (SSSR count). The Hall–Kier alpha value is -3.07. The number of benzene rings is 1. The normalized spacial score (nSPS) is 15.7. The average molecular weight is 440 g/mol. The van der Waals surface area contributed by atoms with E-state index in [2.05, 4.69) is 15.4 Å². The zero-order valence-electron chi connectivity index (χ0n) is 17.4. The molecule has 1 atom stereocenters. The first kappa shape index (κ1) is 21.2. The lowest BCUT2D eigenvalue weighted by atomic mass is 10.1. The molecule has 0 spiro atoms. The number of ether oxygens (including phenoxy) is 1. The molecule has 0 radical (unpaired) electrons. The van der Waals surface area contributed by atoms with Gasteiger partial charge in [-0.3, -0.25) is 14.3 Å². The second-order valence-corrected chi connectivity index (χ2v) is 8.48. The summed E-state index contributed by atoms with van der Waals surface area (Å²) in [6.45, 7) is 0.962. The Morgan fingerprint density at radius 3 is 3.00 bits per heavy atom. The Bertz CT molecular complexity index is 1100. The molecular formula is C22H25N5O3S. The minimum atomic E-state index is -0.112. The van der Waals surface area contributed by atoms with E-state index in [1.807, 2.05) is 36.4 Å². The number of carbonyl (C=O) groups excluding carboxylic acids is 1. The fourth-order valence-electron chi connectivity index (χ4n) is 3.65. The molecule has 1 N–H and O–H groups in total. The highest BCUT2D eigenvalue weighted by Crippen LogP contribution is 2.22. The van der Waals surface area contributed by atoms with Crippen LogP contribution in [0.25, 0.3) is 0 Å². The summed E-state index contributed by atoms with van der Waals surface area (Å²) < 4.78 is 8.44. The van der Waals surface area contributed by atoms with Gasteiger partial charge in [0.15, 0.2) is 0 Å². The molecule has 1 amide bonds. The molecule has 9 heteroatoms. The zero-order chi connectivity index (χ0) is 21.6. The average Bonchev–Trinajstić information content (AvgIpc) is 2.95. The summed E-state index contributed by atoms with van der Waals surface area (Å²) in [6, 6.07) is 11.5. The summed E-state index contributed by atoms with van der Waals surface area (Å²) >= 11 is 1.48. The van der Waals surface area contributed by atoms with E-state index in [0.29, 0.717) is 31.7 Å². The maximum absolute atomic E-state index is 12.8. The van der Waals surface area contributed by atoms with Crippen molar-refractivity contribution in [3.8, 4) is 5.75 Å². The molecule has 3 heterocycles. The standard InChI is InChI=1S/C22H25N5O3S/c1-30-18-5-2-6-19(12-18)31-15-21(28)24-17-7-8-20-25-27(22(29)26(20)11-9-17)14-16-4-3-10-23-13-16/h2-6,10,12-13,17H,7-9,11,14-15H2,1H3,(H,24,28). The maximum Gasteiger partial charge on any atom is 0.346 e. The van der Waals surface area contributed by atoms with Crippen molar-refractivity contribution >= 4 is 17.7 Å². The van der Waals surface area contributed by atoms with E-state index < -0.39 is 0 Å². The molecule has 0 bridgehead atoms. The summed E-state index contributed by atoms with van der Waals surface area (Å²) in [5.41, 5.74) is 0.830. The highest BCUT2D eigenvalue weighted by molar-refractivity contribution is 8.00. The summed E-state index contributed by atoms with van der Waals surface area (Å²) in [6.07, 6.45) is 5.58. The van der Waals surface area contributed by atoms with Crippen LogP contribution in [0.5, 0.6) is 5.75 Å². The Balaban J connectivity index is 1.31. The minimum absolute atomic E-state index is 0.00801. The van der Waals surface area contributed by atoms with Crippen LogP contribution < -0.4 is 15.7 Å². The predicted molar refractivity (Wildman–Crippen MR) is 118 cm³/mol. The minimum Gasteiger partial charge on any atom is -0.497 e. The Kier molecular flexibility index (Phi) is 6.71. The molecule has 1 aromatic carbocycles. The number of rotatable bonds is 7. The van der Waals surface area contributed by atoms with Crippen LogP contribution in [-0.4, -0.2) is 44.1 Å². The third kappa shape index (κ3) is 5.35. The lowest BCUT2D eigenvalue weighted by Crippen LogP contribution is -2.36. The van der Waals surface area contributed by atoms with E-state index in [0.717, 1.165) is 28.5 Å². The van der Waals surface area contributed by atoms with E-state index in [9.17, 15) is 9.59 Å². The molecule has 0 aliphatic carbocycles. The zero-order valence-corrected chi connectivity index (χ0v) is 18.2. The van der Waals surface area contributed by atoms with Gasteiger partial charge in [-0.1, -0.05) is 12.1 Å². The number of carbonyl (C=O) groups is 1. The molecule has 3 aromatic rings. The largest absolute Gasteiger partial charge is 0.497 e. The first-order valence-electron chi connectivity index (χ1n) is 10.2. The molecule has 8 nitrogen and oxygen atoms in total. The monoisotopic (exact) mass is 439 g/mol. The van der Waals surface area contributed by atoms with Gasteiger partial charge in [-0.2, -0.15) is 5.10 Å². The van der Waals surface area contributed by atoms with Crippen LogP contribution in [0, 0.1) is 0 Å². The van der Waals surface area contributed by atoms with Gasteiger partial charge in [0.2, 0.25) is 5.91 Å². The van der Waals surface area contributed by atoms with E-state index in [1.165, 1.54) is 16.4 Å². The van der Waals surface area contributed by atoms with E-state index in [-0.39, 0.29) is 17.6 Å². The molecule has 1 unspecified atom stereocenters. The van der Waals surface area contributed by atoms with Gasteiger partial charge < -0.3 is 10.1 Å². The first-order valence-corrected chi connectivity index (χ1v) is 11.2. The second-order valence-electron chi connectivity index (χ2n) is 7.43. The SMILES string of the molecule is COc1cccc(SCC(=O)NC2CCc3nn(Cc4cccnc4)c(=O)n3CC2)c1. The summed E-state index contributed by atoms with van der Waals surface area (Å²) in [7, 11) is 1.63. The predicted octanol–water partition coefficient (Wildman–Crippen LogP) is 2.11. The number of hydrogen-bond donors (Lipinski definition) is 1. The van der Waals surface area contributed by atoms with Gasteiger partial charge in [0.25, 0.3) is 0 Å².